The van der Waals surface area contributed by atoms with Crippen LogP contribution in [0.4, 0.5) is 16.0 Å². The fourth-order valence-electron chi connectivity index (χ4n) is 4.34. The molecule has 9 heteroatoms. The fraction of sp³-hybridized carbons (Fsp3) is 0.0714. The number of fused-ring (bicyclic) bond motifs is 1. The standard InChI is InChI=1S/C28H23FN6O2/c1-16-5-4-6-18-13-19(35(28(37)23(16)18)22-8-3-2-7-21(22)29)14-32-27-24(26(31)33-15-34-27)25(30)17-9-11-20(36)12-10-17/h2-13,15,30,36H,14H2,1H3,(H3,31,32,33,34). The number of aromatic nitrogens is 3. The minimum Gasteiger partial charge on any atom is -0.508 e. The highest BCUT2D eigenvalue weighted by molar-refractivity contribution is 6.16. The van der Waals surface area contributed by atoms with E-state index in [1.54, 1.807) is 30.3 Å². The highest BCUT2D eigenvalue weighted by Crippen LogP contribution is 2.25. The smallest absolute Gasteiger partial charge is 0.263 e. The summed E-state index contributed by atoms with van der Waals surface area (Å²) in [6.07, 6.45) is 1.28. The van der Waals surface area contributed by atoms with E-state index in [1.807, 2.05) is 31.2 Å². The average Bonchev–Trinajstić information content (AvgIpc) is 2.88. The summed E-state index contributed by atoms with van der Waals surface area (Å²) in [4.78, 5) is 22.0. The first-order valence-electron chi connectivity index (χ1n) is 11.5. The molecule has 5 rings (SSSR count). The molecule has 0 spiro atoms. The number of rotatable bonds is 6. The Kier molecular flexibility index (Phi) is 6.10. The lowest BCUT2D eigenvalue weighted by molar-refractivity contribution is 0.475. The lowest BCUT2D eigenvalue weighted by Gasteiger charge is -2.18. The van der Waals surface area contributed by atoms with E-state index in [1.165, 1.54) is 29.1 Å². The quantitative estimate of drug-likeness (QED) is 0.256. The Morgan fingerprint density at radius 3 is 2.59 bits per heavy atom. The number of benzene rings is 3. The molecule has 5 aromatic rings. The Hall–Kier alpha value is -5.05. The van der Waals surface area contributed by atoms with Crippen LogP contribution in [0.2, 0.25) is 0 Å². The third kappa shape index (κ3) is 4.38. The number of hydrogen-bond donors (Lipinski definition) is 4. The summed E-state index contributed by atoms with van der Waals surface area (Å²) in [7, 11) is 0. The SMILES string of the molecule is Cc1cccc2cc(CNc3ncnc(N)c3C(=N)c3ccc(O)cc3)n(-c3ccccc3F)c(=O)c12. The Balaban J connectivity index is 1.61. The van der Waals surface area contributed by atoms with E-state index in [0.717, 1.165) is 10.9 Å². The molecule has 0 aliphatic carbocycles. The van der Waals surface area contributed by atoms with Crippen molar-refractivity contribution < 1.29 is 9.50 Å². The van der Waals surface area contributed by atoms with Gasteiger partial charge in [0.15, 0.2) is 0 Å². The van der Waals surface area contributed by atoms with E-state index in [0.29, 0.717) is 16.6 Å². The Morgan fingerprint density at radius 1 is 1.08 bits per heavy atom. The molecule has 5 N–H and O–H groups in total. The lowest BCUT2D eigenvalue weighted by atomic mass is 10.0. The first-order chi connectivity index (χ1) is 17.8. The van der Waals surface area contributed by atoms with E-state index >= 15 is 0 Å². The molecule has 0 amide bonds. The molecule has 2 aromatic heterocycles. The van der Waals surface area contributed by atoms with Crippen molar-refractivity contribution in [1.82, 2.24) is 14.5 Å². The number of aromatic hydroxyl groups is 1. The van der Waals surface area contributed by atoms with Crippen molar-refractivity contribution in [3.05, 3.63) is 118 Å². The molecule has 0 aliphatic rings. The molecular formula is C28H23FN6O2. The third-order valence-electron chi connectivity index (χ3n) is 6.14. The predicted molar refractivity (Wildman–Crippen MR) is 142 cm³/mol. The van der Waals surface area contributed by atoms with Crippen LogP contribution in [-0.4, -0.2) is 25.4 Å². The average molecular weight is 495 g/mol. The molecule has 0 aliphatic heterocycles. The van der Waals surface area contributed by atoms with Gasteiger partial charge in [-0.3, -0.25) is 14.8 Å². The van der Waals surface area contributed by atoms with Gasteiger partial charge >= 0.3 is 0 Å². The monoisotopic (exact) mass is 494 g/mol. The van der Waals surface area contributed by atoms with Crippen LogP contribution in [0.15, 0.2) is 83.9 Å². The second-order valence-corrected chi connectivity index (χ2v) is 8.52. The van der Waals surface area contributed by atoms with Gasteiger partial charge in [-0.15, -0.1) is 0 Å². The predicted octanol–water partition coefficient (Wildman–Crippen LogP) is 4.54. The van der Waals surface area contributed by atoms with Gasteiger partial charge in [0.05, 0.1) is 28.9 Å². The number of anilines is 2. The molecule has 0 fully saturated rings. The van der Waals surface area contributed by atoms with E-state index < -0.39 is 5.82 Å². The van der Waals surface area contributed by atoms with Crippen molar-refractivity contribution >= 4 is 28.1 Å². The van der Waals surface area contributed by atoms with Crippen LogP contribution in [0.25, 0.3) is 16.5 Å². The van der Waals surface area contributed by atoms with E-state index in [-0.39, 0.29) is 46.5 Å². The van der Waals surface area contributed by atoms with Gasteiger partial charge in [0, 0.05) is 11.3 Å². The second kappa shape index (κ2) is 9.54. The van der Waals surface area contributed by atoms with E-state index in [2.05, 4.69) is 15.3 Å². The van der Waals surface area contributed by atoms with Crippen molar-refractivity contribution in [3.63, 3.8) is 0 Å². The van der Waals surface area contributed by atoms with Gasteiger partial charge in [0.25, 0.3) is 5.56 Å². The van der Waals surface area contributed by atoms with Crippen molar-refractivity contribution in [2.75, 3.05) is 11.1 Å². The van der Waals surface area contributed by atoms with Crippen LogP contribution in [0, 0.1) is 18.2 Å². The molecule has 184 valence electrons. The third-order valence-corrected chi connectivity index (χ3v) is 6.14. The fourth-order valence-corrected chi connectivity index (χ4v) is 4.34. The second-order valence-electron chi connectivity index (χ2n) is 8.52. The molecule has 0 saturated carbocycles. The minimum atomic E-state index is -0.528. The summed E-state index contributed by atoms with van der Waals surface area (Å²) in [5.41, 5.74) is 8.04. The Labute approximate surface area is 211 Å². The van der Waals surface area contributed by atoms with Crippen LogP contribution >= 0.6 is 0 Å². The van der Waals surface area contributed by atoms with Gasteiger partial charge in [-0.2, -0.15) is 0 Å². The van der Waals surface area contributed by atoms with Crippen LogP contribution in [0.3, 0.4) is 0 Å². The Bertz CT molecular complexity index is 1710. The number of para-hydroxylation sites is 1. The van der Waals surface area contributed by atoms with E-state index in [9.17, 15) is 14.3 Å². The number of phenolic OH excluding ortho intramolecular Hbond substituents is 1. The number of nitrogens with one attached hydrogen (secondary N) is 2. The number of aryl methyl sites for hydroxylation is 1. The summed E-state index contributed by atoms with van der Waals surface area (Å²) < 4.78 is 16.2. The van der Waals surface area contributed by atoms with Gasteiger partial charge in [-0.25, -0.2) is 14.4 Å². The van der Waals surface area contributed by atoms with Gasteiger partial charge < -0.3 is 16.2 Å². The highest BCUT2D eigenvalue weighted by Gasteiger charge is 2.19. The molecule has 37 heavy (non-hydrogen) atoms. The van der Waals surface area contributed by atoms with E-state index in [4.69, 9.17) is 11.1 Å². The van der Waals surface area contributed by atoms with Crippen LogP contribution < -0.4 is 16.6 Å². The first-order valence-corrected chi connectivity index (χ1v) is 11.5. The number of pyridine rings is 1. The van der Waals surface area contributed by atoms with Gasteiger partial charge in [-0.1, -0.05) is 30.3 Å². The van der Waals surface area contributed by atoms with Crippen LogP contribution in [0.1, 0.15) is 22.4 Å². The molecule has 0 bridgehead atoms. The lowest BCUT2D eigenvalue weighted by Crippen LogP contribution is -2.25. The maximum atomic E-state index is 14.9. The van der Waals surface area contributed by atoms with Crippen molar-refractivity contribution in [1.29, 1.82) is 5.41 Å². The number of phenols is 1. The molecule has 0 saturated heterocycles. The zero-order valence-corrected chi connectivity index (χ0v) is 19.9. The van der Waals surface area contributed by atoms with Gasteiger partial charge in [0.2, 0.25) is 0 Å². The number of halogens is 1. The molecular weight excluding hydrogens is 471 g/mol. The molecule has 0 atom stereocenters. The molecule has 8 nitrogen and oxygen atoms in total. The normalized spacial score (nSPS) is 11.0. The highest BCUT2D eigenvalue weighted by atomic mass is 19.1. The minimum absolute atomic E-state index is 0.0567. The summed E-state index contributed by atoms with van der Waals surface area (Å²) >= 11 is 0. The van der Waals surface area contributed by atoms with Crippen molar-refractivity contribution in [2.24, 2.45) is 0 Å². The van der Waals surface area contributed by atoms with Gasteiger partial charge in [0.1, 0.15) is 29.5 Å². The van der Waals surface area contributed by atoms with Crippen molar-refractivity contribution in [2.45, 2.75) is 13.5 Å². The first kappa shape index (κ1) is 23.7. The van der Waals surface area contributed by atoms with Gasteiger partial charge in [-0.05, 0) is 60.3 Å². The summed E-state index contributed by atoms with van der Waals surface area (Å²) in [5.74, 6) is -0.0802. The number of nitrogens with two attached hydrogens (primary N) is 1. The maximum absolute atomic E-state index is 14.9. The maximum Gasteiger partial charge on any atom is 0.263 e. The summed E-state index contributed by atoms with van der Waals surface area (Å²) in [6, 6.07) is 19.6. The zero-order chi connectivity index (χ0) is 26.1. The summed E-state index contributed by atoms with van der Waals surface area (Å²) in [5, 5.41) is 22.7. The van der Waals surface area contributed by atoms with Crippen LogP contribution in [0.5, 0.6) is 5.75 Å². The Morgan fingerprint density at radius 2 is 1.84 bits per heavy atom. The topological polar surface area (TPSA) is 130 Å². The summed E-state index contributed by atoms with van der Waals surface area (Å²) in [6.45, 7) is 1.93. The number of nitrogens with zero attached hydrogens (tertiary/aromatic N) is 3. The molecule has 0 unspecified atom stereocenters. The zero-order valence-electron chi connectivity index (χ0n) is 19.9. The number of nitrogen functional groups attached to an aromatic ring is 1. The molecule has 2 heterocycles. The van der Waals surface area contributed by atoms with Crippen LogP contribution in [-0.2, 0) is 6.54 Å². The molecule has 3 aromatic carbocycles. The largest absolute Gasteiger partial charge is 0.508 e. The molecule has 0 radical (unpaired) electrons. The number of hydrogen-bond acceptors (Lipinski definition) is 7. The van der Waals surface area contributed by atoms with Crippen molar-refractivity contribution in [3.8, 4) is 11.4 Å².